The third-order valence-corrected chi connectivity index (χ3v) is 4.93. The lowest BCUT2D eigenvalue weighted by Gasteiger charge is -2.44. The van der Waals surface area contributed by atoms with Crippen LogP contribution < -0.4 is 0 Å². The number of nitrogens with zero attached hydrogens (tertiary/aromatic N) is 3. The predicted octanol–water partition coefficient (Wildman–Crippen LogP) is -1.18. The molecule has 0 saturated carbocycles. The van der Waals surface area contributed by atoms with Crippen LogP contribution in [0.25, 0.3) is 0 Å². The van der Waals surface area contributed by atoms with Gasteiger partial charge in [-0.1, -0.05) is 0 Å². The molecule has 2 aliphatic rings. The van der Waals surface area contributed by atoms with Gasteiger partial charge in [-0.2, -0.15) is 17.5 Å². The summed E-state index contributed by atoms with van der Waals surface area (Å²) in [6.07, 6.45) is 0. The number of carbonyl (C=O) groups is 2. The normalized spacial score (nSPS) is 25.9. The van der Waals surface area contributed by atoms with E-state index in [0.29, 0.717) is 0 Å². The second-order valence-electron chi connectivity index (χ2n) is 4.61. The van der Waals surface area contributed by atoms with E-state index in [1.54, 1.807) is 0 Å². The Morgan fingerprint density at radius 1 is 1.20 bits per heavy atom. The predicted molar refractivity (Wildman–Crippen MR) is 59.7 cm³/mol. The molecule has 2 fully saturated rings. The second kappa shape index (κ2) is 4.58. The van der Waals surface area contributed by atoms with Gasteiger partial charge in [0.2, 0.25) is 11.8 Å². The highest BCUT2D eigenvalue weighted by molar-refractivity contribution is 7.90. The molecule has 11 heteroatoms. The Balaban J connectivity index is 2.26. The molecule has 1 unspecified atom stereocenters. The van der Waals surface area contributed by atoms with Gasteiger partial charge in [-0.15, -0.1) is 0 Å². The van der Waals surface area contributed by atoms with Crippen molar-refractivity contribution in [1.82, 2.24) is 14.1 Å². The van der Waals surface area contributed by atoms with Crippen LogP contribution in [0.1, 0.15) is 0 Å². The van der Waals surface area contributed by atoms with Gasteiger partial charge >= 0.3 is 15.5 Å². The molecule has 0 bridgehead atoms. The summed E-state index contributed by atoms with van der Waals surface area (Å²) in [5.41, 5.74) is -5.41. The maximum absolute atomic E-state index is 12.5. The monoisotopic (exact) mass is 315 g/mol. The van der Waals surface area contributed by atoms with Gasteiger partial charge in [0.15, 0.2) is 0 Å². The number of piperazine rings is 2. The van der Waals surface area contributed by atoms with E-state index in [1.807, 2.05) is 0 Å². The first-order valence-corrected chi connectivity index (χ1v) is 7.10. The Bertz CT molecular complexity index is 547. The number of halogens is 3. The molecule has 1 atom stereocenters. The summed E-state index contributed by atoms with van der Waals surface area (Å²) in [6, 6.07) is -1.19. The van der Waals surface area contributed by atoms with Gasteiger partial charge in [0.1, 0.15) is 6.04 Å². The third kappa shape index (κ3) is 2.24. The maximum Gasteiger partial charge on any atom is 0.511 e. The van der Waals surface area contributed by atoms with Crippen molar-refractivity contribution in [1.29, 1.82) is 0 Å². The topological polar surface area (TPSA) is 78.0 Å². The van der Waals surface area contributed by atoms with Crippen molar-refractivity contribution in [3.05, 3.63) is 0 Å². The second-order valence-corrected chi connectivity index (χ2v) is 6.54. The third-order valence-electron chi connectivity index (χ3n) is 3.33. The fraction of sp³-hybridized carbons (Fsp3) is 0.778. The zero-order valence-electron chi connectivity index (χ0n) is 10.4. The van der Waals surface area contributed by atoms with Gasteiger partial charge in [-0.25, -0.2) is 8.42 Å². The standard InChI is InChI=1S/C9H12F3N3O4S/c1-13-5-7(16)15-3-2-14(4-6(15)8(13)17)20(18,19)9(10,11)12/h6H,2-5H2,1H3. The van der Waals surface area contributed by atoms with Gasteiger partial charge in [0.25, 0.3) is 0 Å². The van der Waals surface area contributed by atoms with E-state index in [1.165, 1.54) is 7.05 Å². The minimum atomic E-state index is -5.48. The maximum atomic E-state index is 12.5. The highest BCUT2D eigenvalue weighted by atomic mass is 32.2. The number of alkyl halides is 3. The molecule has 7 nitrogen and oxygen atoms in total. The highest BCUT2D eigenvalue weighted by Crippen LogP contribution is 2.29. The lowest BCUT2D eigenvalue weighted by atomic mass is 10.1. The number of fused-ring (bicyclic) bond motifs is 1. The molecule has 0 spiro atoms. The summed E-state index contributed by atoms with van der Waals surface area (Å²) < 4.78 is 60.3. The molecule has 2 rings (SSSR count). The summed E-state index contributed by atoms with van der Waals surface area (Å²) in [5.74, 6) is -0.965. The van der Waals surface area contributed by atoms with Gasteiger partial charge in [0, 0.05) is 26.7 Å². The number of rotatable bonds is 1. The van der Waals surface area contributed by atoms with Crippen molar-refractivity contribution < 1.29 is 31.2 Å². The molecule has 2 amide bonds. The van der Waals surface area contributed by atoms with E-state index in [2.05, 4.69) is 0 Å². The Kier molecular flexibility index (Phi) is 3.45. The van der Waals surface area contributed by atoms with Crippen LogP contribution in [0.5, 0.6) is 0 Å². The van der Waals surface area contributed by atoms with Crippen LogP contribution in [0.2, 0.25) is 0 Å². The van der Waals surface area contributed by atoms with Crippen molar-refractivity contribution in [2.45, 2.75) is 11.6 Å². The number of carbonyl (C=O) groups excluding carboxylic acids is 2. The van der Waals surface area contributed by atoms with Gasteiger partial charge < -0.3 is 9.80 Å². The molecule has 0 radical (unpaired) electrons. The zero-order chi connectivity index (χ0) is 15.3. The molecule has 0 aromatic heterocycles. The van der Waals surface area contributed by atoms with E-state index in [-0.39, 0.29) is 17.4 Å². The van der Waals surface area contributed by atoms with Gasteiger partial charge in [-0.05, 0) is 0 Å². The van der Waals surface area contributed by atoms with E-state index in [9.17, 15) is 31.2 Å². The van der Waals surface area contributed by atoms with Crippen molar-refractivity contribution in [3.8, 4) is 0 Å². The van der Waals surface area contributed by atoms with Crippen molar-refractivity contribution >= 4 is 21.8 Å². The average Bonchev–Trinajstić information content (AvgIpc) is 2.34. The number of sulfonamides is 1. The Labute approximate surface area is 113 Å². The molecule has 0 aromatic carbocycles. The molecule has 0 N–H and O–H groups in total. The van der Waals surface area contributed by atoms with E-state index in [0.717, 1.165) is 9.80 Å². The van der Waals surface area contributed by atoms with Gasteiger partial charge in [-0.3, -0.25) is 9.59 Å². The number of hydrogen-bond acceptors (Lipinski definition) is 4. The summed E-state index contributed by atoms with van der Waals surface area (Å²) >= 11 is 0. The SMILES string of the molecule is CN1CC(=O)N2CCN(S(=O)(=O)C(F)(F)F)CC2C1=O. The molecule has 2 aliphatic heterocycles. The van der Waals surface area contributed by atoms with Crippen molar-refractivity contribution in [2.75, 3.05) is 33.2 Å². The van der Waals surface area contributed by atoms with Crippen LogP contribution in [-0.4, -0.2) is 79.1 Å². The lowest BCUT2D eigenvalue weighted by molar-refractivity contribution is -0.157. The largest absolute Gasteiger partial charge is 0.511 e. The molecule has 0 aromatic rings. The minimum absolute atomic E-state index is 0.151. The zero-order valence-corrected chi connectivity index (χ0v) is 11.2. The molecular formula is C9H12F3N3O4S. The fourth-order valence-corrected chi connectivity index (χ4v) is 3.21. The van der Waals surface area contributed by atoms with Crippen LogP contribution in [0.3, 0.4) is 0 Å². The van der Waals surface area contributed by atoms with Crippen LogP contribution in [-0.2, 0) is 19.6 Å². The summed E-state index contributed by atoms with van der Waals surface area (Å²) in [6.45, 7) is -1.52. The fourth-order valence-electron chi connectivity index (χ4n) is 2.26. The minimum Gasteiger partial charge on any atom is -0.335 e. The van der Waals surface area contributed by atoms with Crippen LogP contribution in [0, 0.1) is 0 Å². The molecule has 2 saturated heterocycles. The first kappa shape index (κ1) is 15.0. The van der Waals surface area contributed by atoms with Crippen molar-refractivity contribution in [3.63, 3.8) is 0 Å². The number of hydrogen-bond donors (Lipinski definition) is 0. The van der Waals surface area contributed by atoms with E-state index in [4.69, 9.17) is 0 Å². The van der Waals surface area contributed by atoms with Crippen LogP contribution >= 0.6 is 0 Å². The summed E-state index contributed by atoms with van der Waals surface area (Å²) in [4.78, 5) is 25.7. The van der Waals surface area contributed by atoms with Crippen molar-refractivity contribution in [2.24, 2.45) is 0 Å². The van der Waals surface area contributed by atoms with Crippen LogP contribution in [0.4, 0.5) is 13.2 Å². The first-order valence-electron chi connectivity index (χ1n) is 5.66. The molecular weight excluding hydrogens is 303 g/mol. The Hall–Kier alpha value is -1.36. The molecule has 20 heavy (non-hydrogen) atoms. The Morgan fingerprint density at radius 3 is 2.35 bits per heavy atom. The van der Waals surface area contributed by atoms with E-state index >= 15 is 0 Å². The first-order chi connectivity index (χ1) is 9.05. The molecule has 114 valence electrons. The summed E-state index contributed by atoms with van der Waals surface area (Å²) in [5, 5.41) is 0. The summed E-state index contributed by atoms with van der Waals surface area (Å²) in [7, 11) is -4.14. The molecule has 0 aliphatic carbocycles. The molecule has 2 heterocycles. The number of amides is 2. The Morgan fingerprint density at radius 2 is 1.80 bits per heavy atom. The number of likely N-dealkylation sites (N-methyl/N-ethyl adjacent to an activating group) is 1. The van der Waals surface area contributed by atoms with E-state index < -0.39 is 46.5 Å². The highest BCUT2D eigenvalue weighted by Gasteiger charge is 2.53. The average molecular weight is 315 g/mol. The van der Waals surface area contributed by atoms with Gasteiger partial charge in [0.05, 0.1) is 6.54 Å². The lowest BCUT2D eigenvalue weighted by Crippen LogP contribution is -2.67. The van der Waals surface area contributed by atoms with Crippen LogP contribution in [0.15, 0.2) is 0 Å². The quantitative estimate of drug-likeness (QED) is 0.610. The smallest absolute Gasteiger partial charge is 0.335 e.